The van der Waals surface area contributed by atoms with E-state index in [1.165, 1.54) is 48.5 Å². The van der Waals surface area contributed by atoms with Gasteiger partial charge in [0.1, 0.15) is 0 Å². The van der Waals surface area contributed by atoms with Crippen LogP contribution < -0.4 is 10.6 Å². The van der Waals surface area contributed by atoms with Crippen molar-refractivity contribution >= 4 is 23.2 Å². The highest BCUT2D eigenvalue weighted by Crippen LogP contribution is 2.14. The van der Waals surface area contributed by atoms with Gasteiger partial charge >= 0.3 is 0 Å². The molecule has 0 aliphatic carbocycles. The molecule has 10 heteroatoms. The molecule has 0 spiro atoms. The van der Waals surface area contributed by atoms with Gasteiger partial charge in [-0.3, -0.25) is 29.8 Å². The zero-order valence-corrected chi connectivity index (χ0v) is 16.5. The maximum Gasteiger partial charge on any atom is 0.269 e. The lowest BCUT2D eigenvalue weighted by molar-refractivity contribution is -0.385. The van der Waals surface area contributed by atoms with Crippen LogP contribution in [0.3, 0.4) is 0 Å². The van der Waals surface area contributed by atoms with Crippen molar-refractivity contribution in [3.8, 4) is 0 Å². The number of nitro groups is 2. The Bertz CT molecular complexity index is 925. The molecule has 1 unspecified atom stereocenters. The first-order chi connectivity index (χ1) is 14.2. The second-order valence-corrected chi connectivity index (χ2v) is 7.12. The number of hydrogen-bond acceptors (Lipinski definition) is 6. The summed E-state index contributed by atoms with van der Waals surface area (Å²) in [5, 5.41) is 27.0. The average molecular weight is 414 g/mol. The van der Waals surface area contributed by atoms with Crippen LogP contribution in [0.15, 0.2) is 48.5 Å². The monoisotopic (exact) mass is 414 g/mol. The van der Waals surface area contributed by atoms with Gasteiger partial charge in [0.25, 0.3) is 23.2 Å². The van der Waals surface area contributed by atoms with Crippen molar-refractivity contribution in [1.82, 2.24) is 10.6 Å². The van der Waals surface area contributed by atoms with Crippen molar-refractivity contribution in [3.63, 3.8) is 0 Å². The molecule has 0 bridgehead atoms. The van der Waals surface area contributed by atoms with Crippen molar-refractivity contribution < 1.29 is 19.4 Å². The maximum atomic E-state index is 12.5. The highest BCUT2D eigenvalue weighted by atomic mass is 16.6. The number of carbonyl (C=O) groups is 2. The molecule has 0 heterocycles. The molecule has 30 heavy (non-hydrogen) atoms. The minimum absolute atomic E-state index is 0.111. The van der Waals surface area contributed by atoms with E-state index in [0.29, 0.717) is 6.42 Å². The molecule has 0 radical (unpaired) electrons. The van der Waals surface area contributed by atoms with Crippen LogP contribution in [0.25, 0.3) is 0 Å². The van der Waals surface area contributed by atoms with Crippen molar-refractivity contribution in [3.05, 3.63) is 79.9 Å². The molecule has 2 aromatic rings. The van der Waals surface area contributed by atoms with Crippen LogP contribution in [0.4, 0.5) is 11.4 Å². The Kier molecular flexibility index (Phi) is 7.56. The van der Waals surface area contributed by atoms with Crippen molar-refractivity contribution in [1.29, 1.82) is 0 Å². The van der Waals surface area contributed by atoms with E-state index in [0.717, 1.165) is 0 Å². The zero-order chi connectivity index (χ0) is 22.3. The van der Waals surface area contributed by atoms with Gasteiger partial charge in [0, 0.05) is 48.0 Å². The summed E-state index contributed by atoms with van der Waals surface area (Å²) < 4.78 is 0. The fourth-order valence-corrected chi connectivity index (χ4v) is 2.82. The molecule has 2 aromatic carbocycles. The molecule has 158 valence electrons. The first-order valence-electron chi connectivity index (χ1n) is 9.25. The molecule has 0 saturated heterocycles. The molecule has 0 aliphatic rings. The Balaban J connectivity index is 2.00. The topological polar surface area (TPSA) is 144 Å². The van der Waals surface area contributed by atoms with E-state index in [4.69, 9.17) is 0 Å². The number of nitrogens with one attached hydrogen (secondary N) is 2. The summed E-state index contributed by atoms with van der Waals surface area (Å²) in [6.07, 6.45) is 0.596. The Morgan fingerprint density at radius 3 is 1.67 bits per heavy atom. The Labute approximate surface area is 172 Å². The highest BCUT2D eigenvalue weighted by Gasteiger charge is 2.18. The van der Waals surface area contributed by atoms with Crippen LogP contribution >= 0.6 is 0 Å². The molecule has 0 aliphatic heterocycles. The van der Waals surface area contributed by atoms with E-state index in [1.807, 2.05) is 13.8 Å². The third-order valence-corrected chi connectivity index (χ3v) is 4.28. The lowest BCUT2D eigenvalue weighted by Crippen LogP contribution is -2.44. The normalized spacial score (nSPS) is 11.6. The Morgan fingerprint density at radius 1 is 0.833 bits per heavy atom. The molecule has 0 fully saturated rings. The van der Waals surface area contributed by atoms with Gasteiger partial charge in [-0.05, 0) is 36.6 Å². The van der Waals surface area contributed by atoms with E-state index in [2.05, 4.69) is 10.6 Å². The molecule has 0 aromatic heterocycles. The summed E-state index contributed by atoms with van der Waals surface area (Å²) in [5.41, 5.74) is 0.321. The van der Waals surface area contributed by atoms with Gasteiger partial charge in [-0.25, -0.2) is 0 Å². The second-order valence-electron chi connectivity index (χ2n) is 7.12. The van der Waals surface area contributed by atoms with Gasteiger partial charge < -0.3 is 10.6 Å². The lowest BCUT2D eigenvalue weighted by Gasteiger charge is -2.21. The largest absolute Gasteiger partial charge is 0.350 e. The summed E-state index contributed by atoms with van der Waals surface area (Å²) in [5.74, 6) is -0.577. The number of benzene rings is 2. The number of hydrogen-bond donors (Lipinski definition) is 2. The van der Waals surface area contributed by atoms with Gasteiger partial charge in [-0.2, -0.15) is 0 Å². The molecule has 10 nitrogen and oxygen atoms in total. The third kappa shape index (κ3) is 6.36. The number of amides is 2. The maximum absolute atomic E-state index is 12.5. The predicted molar refractivity (Wildman–Crippen MR) is 109 cm³/mol. The highest BCUT2D eigenvalue weighted by molar-refractivity contribution is 5.95. The standard InChI is InChI=1S/C20H22N4O6/c1-13(2)11-16(22-20(26)15-5-9-18(10-6-15)24(29)30)12-21-19(25)14-3-7-17(8-4-14)23(27)28/h3-10,13,16H,11-12H2,1-2H3,(H,21,25)(H,22,26). The molecule has 0 saturated carbocycles. The van der Waals surface area contributed by atoms with Crippen LogP contribution in [0.1, 0.15) is 41.0 Å². The van der Waals surface area contributed by atoms with E-state index in [9.17, 15) is 29.8 Å². The smallest absolute Gasteiger partial charge is 0.269 e. The van der Waals surface area contributed by atoms with Gasteiger partial charge in [-0.1, -0.05) is 13.8 Å². The average Bonchev–Trinajstić information content (AvgIpc) is 2.71. The molecule has 2 N–H and O–H groups in total. The van der Waals surface area contributed by atoms with Crippen LogP contribution in [-0.2, 0) is 0 Å². The van der Waals surface area contributed by atoms with E-state index < -0.39 is 21.7 Å². The van der Waals surface area contributed by atoms with Crippen LogP contribution in [0.2, 0.25) is 0 Å². The first-order valence-corrected chi connectivity index (χ1v) is 9.25. The molecular formula is C20H22N4O6. The van der Waals surface area contributed by atoms with Gasteiger partial charge in [0.15, 0.2) is 0 Å². The molecule has 1 atom stereocenters. The lowest BCUT2D eigenvalue weighted by atomic mass is 10.0. The summed E-state index contributed by atoms with van der Waals surface area (Å²) in [6, 6.07) is 10.1. The van der Waals surface area contributed by atoms with Crippen molar-refractivity contribution in [2.45, 2.75) is 26.3 Å². The van der Waals surface area contributed by atoms with Crippen LogP contribution in [0, 0.1) is 26.1 Å². The van der Waals surface area contributed by atoms with Crippen LogP contribution in [-0.4, -0.2) is 34.2 Å². The van der Waals surface area contributed by atoms with E-state index >= 15 is 0 Å². The number of rotatable bonds is 9. The number of nitro benzene ring substituents is 2. The zero-order valence-electron chi connectivity index (χ0n) is 16.5. The second kappa shape index (κ2) is 10.1. The van der Waals surface area contributed by atoms with E-state index in [1.54, 1.807) is 0 Å². The van der Waals surface area contributed by atoms with E-state index in [-0.39, 0.29) is 41.0 Å². The summed E-state index contributed by atoms with van der Waals surface area (Å²) >= 11 is 0. The fraction of sp³-hybridized carbons (Fsp3) is 0.300. The Morgan fingerprint density at radius 2 is 1.27 bits per heavy atom. The molecular weight excluding hydrogens is 392 g/mol. The fourth-order valence-electron chi connectivity index (χ4n) is 2.82. The quantitative estimate of drug-likeness (QED) is 0.476. The molecule has 2 amide bonds. The minimum atomic E-state index is -0.548. The third-order valence-electron chi connectivity index (χ3n) is 4.28. The predicted octanol–water partition coefficient (Wildman–Crippen LogP) is 3.08. The summed E-state index contributed by atoms with van der Waals surface area (Å²) in [4.78, 5) is 45.1. The van der Waals surface area contributed by atoms with Gasteiger partial charge in [0.2, 0.25) is 0 Å². The van der Waals surface area contributed by atoms with Crippen molar-refractivity contribution in [2.75, 3.05) is 6.54 Å². The number of nitrogens with zero attached hydrogens (tertiary/aromatic N) is 2. The van der Waals surface area contributed by atoms with Crippen LogP contribution in [0.5, 0.6) is 0 Å². The number of non-ortho nitro benzene ring substituents is 2. The summed E-state index contributed by atoms with van der Waals surface area (Å²) in [7, 11) is 0. The summed E-state index contributed by atoms with van der Waals surface area (Å²) in [6.45, 7) is 4.11. The van der Waals surface area contributed by atoms with Gasteiger partial charge in [-0.15, -0.1) is 0 Å². The minimum Gasteiger partial charge on any atom is -0.350 e. The van der Waals surface area contributed by atoms with Crippen molar-refractivity contribution in [2.24, 2.45) is 5.92 Å². The first kappa shape index (κ1) is 22.5. The molecule has 2 rings (SSSR count). The SMILES string of the molecule is CC(C)CC(CNC(=O)c1ccc([N+](=O)[O-])cc1)NC(=O)c1ccc([N+](=O)[O-])cc1. The number of carbonyl (C=O) groups excluding carboxylic acids is 2. The van der Waals surface area contributed by atoms with Gasteiger partial charge in [0.05, 0.1) is 9.85 Å². The Hall–Kier alpha value is -3.82.